The molecule has 1 fully saturated rings. The molecule has 0 saturated carbocycles. The van der Waals surface area contributed by atoms with E-state index in [1.54, 1.807) is 0 Å². The largest absolute Gasteiger partial charge is 0.459 e. The molecule has 19 heavy (non-hydrogen) atoms. The van der Waals surface area contributed by atoms with E-state index in [2.05, 4.69) is 18.7 Å². The lowest BCUT2D eigenvalue weighted by Gasteiger charge is -2.27. The molecule has 1 atom stereocenters. The number of hydrogen-bond donors (Lipinski definition) is 0. The molecule has 1 aliphatic rings. The Morgan fingerprint density at radius 3 is 2.63 bits per heavy atom. The van der Waals surface area contributed by atoms with Gasteiger partial charge in [-0.05, 0) is 46.1 Å². The molecule has 0 bridgehead atoms. The minimum atomic E-state index is -0.403. The van der Waals surface area contributed by atoms with Gasteiger partial charge in [0.1, 0.15) is 11.6 Å². The maximum atomic E-state index is 12.1. The SMILES string of the molecule is CC(C)COCCN1CCC[C@H]1C(=O)OC(C)(C)C. The molecule has 0 aromatic rings. The summed E-state index contributed by atoms with van der Waals surface area (Å²) < 4.78 is 11.1. The average molecular weight is 271 g/mol. The molecule has 1 heterocycles. The highest BCUT2D eigenvalue weighted by atomic mass is 16.6. The molecule has 4 heteroatoms. The Hall–Kier alpha value is -0.610. The lowest BCUT2D eigenvalue weighted by atomic mass is 10.1. The van der Waals surface area contributed by atoms with Gasteiger partial charge in [0, 0.05) is 13.2 Å². The Bertz CT molecular complexity index is 284. The summed E-state index contributed by atoms with van der Waals surface area (Å²) in [7, 11) is 0. The molecule has 0 amide bonds. The smallest absolute Gasteiger partial charge is 0.323 e. The van der Waals surface area contributed by atoms with E-state index in [-0.39, 0.29) is 12.0 Å². The molecule has 0 aromatic heterocycles. The molecule has 1 saturated heterocycles. The van der Waals surface area contributed by atoms with Crippen LogP contribution in [0, 0.1) is 5.92 Å². The first-order valence-electron chi connectivity index (χ1n) is 7.34. The lowest BCUT2D eigenvalue weighted by Crippen LogP contribution is -2.41. The van der Waals surface area contributed by atoms with Crippen LogP contribution in [0.25, 0.3) is 0 Å². The van der Waals surface area contributed by atoms with Crippen molar-refractivity contribution in [1.82, 2.24) is 4.90 Å². The number of nitrogens with zero attached hydrogens (tertiary/aromatic N) is 1. The zero-order valence-corrected chi connectivity index (χ0v) is 13.1. The zero-order valence-electron chi connectivity index (χ0n) is 13.1. The Balaban J connectivity index is 2.35. The lowest BCUT2D eigenvalue weighted by molar-refractivity contribution is -0.160. The first kappa shape index (κ1) is 16.4. The van der Waals surface area contributed by atoms with Crippen molar-refractivity contribution in [3.63, 3.8) is 0 Å². The summed E-state index contributed by atoms with van der Waals surface area (Å²) in [6.07, 6.45) is 1.97. The predicted molar refractivity (Wildman–Crippen MR) is 76.1 cm³/mol. The highest BCUT2D eigenvalue weighted by Gasteiger charge is 2.33. The summed E-state index contributed by atoms with van der Waals surface area (Å²) >= 11 is 0. The van der Waals surface area contributed by atoms with Gasteiger partial charge in [-0.2, -0.15) is 0 Å². The van der Waals surface area contributed by atoms with E-state index >= 15 is 0 Å². The second-order valence-corrected chi connectivity index (χ2v) is 6.70. The van der Waals surface area contributed by atoms with Gasteiger partial charge >= 0.3 is 5.97 Å². The van der Waals surface area contributed by atoms with Crippen molar-refractivity contribution in [2.45, 2.75) is 59.1 Å². The third kappa shape index (κ3) is 6.39. The van der Waals surface area contributed by atoms with Crippen LogP contribution >= 0.6 is 0 Å². The topological polar surface area (TPSA) is 38.8 Å². The molecule has 0 aliphatic carbocycles. The Morgan fingerprint density at radius 1 is 1.37 bits per heavy atom. The van der Waals surface area contributed by atoms with Crippen LogP contribution in [0.3, 0.4) is 0 Å². The zero-order chi connectivity index (χ0) is 14.5. The quantitative estimate of drug-likeness (QED) is 0.549. The summed E-state index contributed by atoms with van der Waals surface area (Å²) in [4.78, 5) is 14.3. The summed E-state index contributed by atoms with van der Waals surface area (Å²) in [5, 5.41) is 0. The molecule has 0 radical (unpaired) electrons. The summed E-state index contributed by atoms with van der Waals surface area (Å²) in [5.74, 6) is 0.467. The van der Waals surface area contributed by atoms with Crippen LogP contribution in [-0.4, -0.2) is 48.8 Å². The van der Waals surface area contributed by atoms with Gasteiger partial charge in [-0.1, -0.05) is 13.8 Å². The fraction of sp³-hybridized carbons (Fsp3) is 0.933. The number of hydrogen-bond acceptors (Lipinski definition) is 4. The van der Waals surface area contributed by atoms with Gasteiger partial charge in [0.15, 0.2) is 0 Å². The molecule has 112 valence electrons. The van der Waals surface area contributed by atoms with Crippen molar-refractivity contribution in [1.29, 1.82) is 0 Å². The fourth-order valence-electron chi connectivity index (χ4n) is 2.23. The van der Waals surface area contributed by atoms with Crippen LogP contribution in [-0.2, 0) is 14.3 Å². The van der Waals surface area contributed by atoms with E-state index in [1.807, 2.05) is 20.8 Å². The average Bonchev–Trinajstić information content (AvgIpc) is 2.69. The van der Waals surface area contributed by atoms with Crippen molar-refractivity contribution in [2.24, 2.45) is 5.92 Å². The predicted octanol–water partition coefficient (Wildman–Crippen LogP) is 2.47. The Kier molecular flexibility index (Phi) is 6.27. The van der Waals surface area contributed by atoms with E-state index in [0.29, 0.717) is 12.5 Å². The molecular weight excluding hydrogens is 242 g/mol. The van der Waals surface area contributed by atoms with Crippen molar-refractivity contribution in [2.75, 3.05) is 26.3 Å². The van der Waals surface area contributed by atoms with Gasteiger partial charge < -0.3 is 9.47 Å². The van der Waals surface area contributed by atoms with E-state index in [0.717, 1.165) is 32.5 Å². The Morgan fingerprint density at radius 2 is 2.05 bits per heavy atom. The van der Waals surface area contributed by atoms with E-state index in [9.17, 15) is 4.79 Å². The monoisotopic (exact) mass is 271 g/mol. The van der Waals surface area contributed by atoms with E-state index < -0.39 is 5.60 Å². The van der Waals surface area contributed by atoms with E-state index in [4.69, 9.17) is 9.47 Å². The fourth-order valence-corrected chi connectivity index (χ4v) is 2.23. The molecule has 0 N–H and O–H groups in total. The van der Waals surface area contributed by atoms with Crippen LogP contribution in [0.15, 0.2) is 0 Å². The maximum Gasteiger partial charge on any atom is 0.323 e. The molecule has 1 aliphatic heterocycles. The minimum Gasteiger partial charge on any atom is -0.459 e. The van der Waals surface area contributed by atoms with Gasteiger partial charge in [-0.25, -0.2) is 0 Å². The van der Waals surface area contributed by atoms with E-state index in [1.165, 1.54) is 0 Å². The van der Waals surface area contributed by atoms with Gasteiger partial charge in [-0.3, -0.25) is 9.69 Å². The van der Waals surface area contributed by atoms with Crippen LogP contribution in [0.4, 0.5) is 0 Å². The molecule has 0 unspecified atom stereocenters. The maximum absolute atomic E-state index is 12.1. The molecule has 0 aromatic carbocycles. The number of esters is 1. The van der Waals surface area contributed by atoms with Gasteiger partial charge in [-0.15, -0.1) is 0 Å². The van der Waals surface area contributed by atoms with Crippen LogP contribution in [0.1, 0.15) is 47.5 Å². The summed E-state index contributed by atoms with van der Waals surface area (Å²) in [5.41, 5.74) is -0.403. The standard InChI is InChI=1S/C15H29NO3/c1-12(2)11-18-10-9-16-8-6-7-13(16)14(17)19-15(3,4)5/h12-13H,6-11H2,1-5H3/t13-/m0/s1. The first-order valence-corrected chi connectivity index (χ1v) is 7.34. The molecule has 4 nitrogen and oxygen atoms in total. The number of likely N-dealkylation sites (tertiary alicyclic amines) is 1. The second-order valence-electron chi connectivity index (χ2n) is 6.70. The minimum absolute atomic E-state index is 0.0816. The highest BCUT2D eigenvalue weighted by Crippen LogP contribution is 2.20. The van der Waals surface area contributed by atoms with Gasteiger partial charge in [0.25, 0.3) is 0 Å². The number of carbonyl (C=O) groups excluding carboxylic acids is 1. The van der Waals surface area contributed by atoms with Gasteiger partial charge in [0.05, 0.1) is 6.61 Å². The first-order chi connectivity index (χ1) is 8.79. The molecule has 1 rings (SSSR count). The van der Waals surface area contributed by atoms with Crippen molar-refractivity contribution < 1.29 is 14.3 Å². The third-order valence-electron chi connectivity index (χ3n) is 3.02. The normalized spacial score (nSPS) is 21.1. The molecule has 0 spiro atoms. The summed E-state index contributed by atoms with van der Waals surface area (Å²) in [6.45, 7) is 13.3. The van der Waals surface area contributed by atoms with Crippen molar-refractivity contribution in [3.05, 3.63) is 0 Å². The van der Waals surface area contributed by atoms with Crippen molar-refractivity contribution >= 4 is 5.97 Å². The van der Waals surface area contributed by atoms with Crippen LogP contribution < -0.4 is 0 Å². The Labute approximate surface area is 117 Å². The van der Waals surface area contributed by atoms with Crippen LogP contribution in [0.2, 0.25) is 0 Å². The van der Waals surface area contributed by atoms with Crippen LogP contribution in [0.5, 0.6) is 0 Å². The van der Waals surface area contributed by atoms with Crippen molar-refractivity contribution in [3.8, 4) is 0 Å². The molecular formula is C15H29NO3. The number of carbonyl (C=O) groups is 1. The number of ether oxygens (including phenoxy) is 2. The second kappa shape index (κ2) is 7.25. The third-order valence-corrected chi connectivity index (χ3v) is 3.02. The highest BCUT2D eigenvalue weighted by molar-refractivity contribution is 5.76. The number of rotatable bonds is 6. The van der Waals surface area contributed by atoms with Gasteiger partial charge in [0.2, 0.25) is 0 Å². The summed E-state index contributed by atoms with van der Waals surface area (Å²) in [6, 6.07) is -0.0816.